The molecule has 0 unspecified atom stereocenters. The predicted molar refractivity (Wildman–Crippen MR) is 47.6 cm³/mol. The molecule has 0 saturated carbocycles. The molecule has 0 aromatic carbocycles. The number of H-pyrrole nitrogens is 1. The van der Waals surface area contributed by atoms with Gasteiger partial charge < -0.3 is 4.98 Å². The third-order valence-corrected chi connectivity index (χ3v) is 1.85. The molecule has 0 aliphatic rings. The zero-order valence-electron chi connectivity index (χ0n) is 7.35. The average molecular weight is 203 g/mol. The molecule has 0 fully saturated rings. The summed E-state index contributed by atoms with van der Waals surface area (Å²) < 4.78 is 12.6. The van der Waals surface area contributed by atoms with Crippen LogP contribution in [0.5, 0.6) is 0 Å². The van der Waals surface area contributed by atoms with E-state index in [0.29, 0.717) is 17.1 Å². The van der Waals surface area contributed by atoms with E-state index in [1.807, 2.05) is 0 Å². The fourth-order valence-electron chi connectivity index (χ4n) is 1.18. The summed E-state index contributed by atoms with van der Waals surface area (Å²) >= 11 is 0. The summed E-state index contributed by atoms with van der Waals surface area (Å²) in [6, 6.07) is 2.78. The quantitative estimate of drug-likeness (QED) is 0.624. The second-order valence-electron chi connectivity index (χ2n) is 2.84. The molecule has 3 heterocycles. The van der Waals surface area contributed by atoms with E-state index < -0.39 is 5.82 Å². The molecule has 0 aliphatic carbocycles. The summed E-state index contributed by atoms with van der Waals surface area (Å²) in [4.78, 5) is 11.6. The highest BCUT2D eigenvalue weighted by Crippen LogP contribution is 2.06. The molecule has 3 aromatic heterocycles. The molecular formula is C8H4FN6. The van der Waals surface area contributed by atoms with Gasteiger partial charge in [-0.15, -0.1) is 15.0 Å². The molecule has 1 radical (unpaired) electrons. The first kappa shape index (κ1) is 8.04. The summed E-state index contributed by atoms with van der Waals surface area (Å²) in [5.41, 5.74) is 0.960. The Labute approximate surface area is 82.8 Å². The van der Waals surface area contributed by atoms with Gasteiger partial charge in [0.15, 0.2) is 12.1 Å². The number of aromatic amines is 1. The van der Waals surface area contributed by atoms with Gasteiger partial charge in [0.25, 0.3) is 0 Å². The number of halogens is 1. The van der Waals surface area contributed by atoms with E-state index in [0.717, 1.165) is 6.20 Å². The monoisotopic (exact) mass is 203 g/mol. The number of aromatic nitrogens is 6. The molecule has 3 rings (SSSR count). The van der Waals surface area contributed by atoms with Crippen LogP contribution in [-0.2, 0) is 0 Å². The van der Waals surface area contributed by atoms with E-state index in [2.05, 4.69) is 31.5 Å². The van der Waals surface area contributed by atoms with E-state index in [9.17, 15) is 4.39 Å². The topological polar surface area (TPSA) is 72.3 Å². The number of nitrogens with one attached hydrogen (secondary N) is 1. The number of fused-ring (bicyclic) bond motifs is 1. The van der Waals surface area contributed by atoms with Crippen molar-refractivity contribution in [1.29, 1.82) is 0 Å². The Morgan fingerprint density at radius 1 is 1.33 bits per heavy atom. The number of nitrogens with zero attached hydrogens (tertiary/aromatic N) is 5. The molecule has 0 atom stereocenters. The fourth-order valence-corrected chi connectivity index (χ4v) is 1.18. The maximum Gasteiger partial charge on any atom is 0.221 e. The van der Waals surface area contributed by atoms with Crippen molar-refractivity contribution < 1.29 is 4.39 Å². The zero-order valence-corrected chi connectivity index (χ0v) is 7.35. The zero-order chi connectivity index (χ0) is 10.3. The normalized spacial score (nSPS) is 11.0. The van der Waals surface area contributed by atoms with Crippen molar-refractivity contribution in [1.82, 2.24) is 29.9 Å². The Morgan fingerprint density at radius 3 is 3.00 bits per heavy atom. The lowest BCUT2D eigenvalue weighted by molar-refractivity contribution is 0.616. The van der Waals surface area contributed by atoms with Gasteiger partial charge in [0.2, 0.25) is 11.3 Å². The number of rotatable bonds is 1. The lowest BCUT2D eigenvalue weighted by atomic mass is 10.4. The van der Waals surface area contributed by atoms with Gasteiger partial charge in [0.1, 0.15) is 5.82 Å². The van der Waals surface area contributed by atoms with E-state index in [1.165, 1.54) is 16.9 Å². The Hall–Kier alpha value is -2.31. The standard InChI is InChI=1S/C8H4FN6/c9-5-1-2-6(10-3-5)15-13-7-8(14-15)12-4-11-7/h1-3H,(H,11,12,13,14). The van der Waals surface area contributed by atoms with Crippen molar-refractivity contribution >= 4 is 11.3 Å². The van der Waals surface area contributed by atoms with Gasteiger partial charge in [0.05, 0.1) is 6.20 Å². The molecule has 6 nitrogen and oxygen atoms in total. The molecule has 7 heteroatoms. The van der Waals surface area contributed by atoms with Gasteiger partial charge in [-0.1, -0.05) is 0 Å². The van der Waals surface area contributed by atoms with Crippen molar-refractivity contribution in [3.8, 4) is 5.82 Å². The molecule has 3 aromatic rings. The fraction of sp³-hybridized carbons (Fsp3) is 0. The SMILES string of the molecule is Fc1ccc(-n2nc3n[c][nH]c3n2)nc1. The van der Waals surface area contributed by atoms with Gasteiger partial charge in [0, 0.05) is 0 Å². The second kappa shape index (κ2) is 2.84. The van der Waals surface area contributed by atoms with E-state index >= 15 is 0 Å². The van der Waals surface area contributed by atoms with Crippen molar-refractivity contribution in [2.45, 2.75) is 0 Å². The van der Waals surface area contributed by atoms with Crippen LogP contribution in [0.15, 0.2) is 18.3 Å². The van der Waals surface area contributed by atoms with Gasteiger partial charge in [-0.2, -0.15) is 0 Å². The van der Waals surface area contributed by atoms with Gasteiger partial charge >= 0.3 is 0 Å². The minimum atomic E-state index is -0.400. The first-order valence-electron chi connectivity index (χ1n) is 4.14. The highest BCUT2D eigenvalue weighted by molar-refractivity contribution is 5.63. The molecule has 15 heavy (non-hydrogen) atoms. The summed E-state index contributed by atoms with van der Waals surface area (Å²) in [7, 11) is 0. The van der Waals surface area contributed by atoms with Crippen LogP contribution in [0.1, 0.15) is 0 Å². The van der Waals surface area contributed by atoms with Gasteiger partial charge in [-0.3, -0.25) is 0 Å². The molecule has 0 spiro atoms. The van der Waals surface area contributed by atoms with E-state index in [-0.39, 0.29) is 0 Å². The summed E-state index contributed by atoms with van der Waals surface area (Å²) in [5, 5.41) is 8.06. The molecule has 0 aliphatic heterocycles. The Morgan fingerprint density at radius 2 is 2.27 bits per heavy atom. The van der Waals surface area contributed by atoms with Crippen LogP contribution >= 0.6 is 0 Å². The average Bonchev–Trinajstić information content (AvgIpc) is 2.78. The molecule has 73 valence electrons. The minimum absolute atomic E-state index is 0.400. The van der Waals surface area contributed by atoms with Crippen LogP contribution in [0.2, 0.25) is 0 Å². The largest absolute Gasteiger partial charge is 0.317 e. The third-order valence-electron chi connectivity index (χ3n) is 1.85. The van der Waals surface area contributed by atoms with Gasteiger partial charge in [-0.05, 0) is 12.1 Å². The molecule has 0 amide bonds. The summed E-state index contributed by atoms with van der Waals surface area (Å²) in [6.07, 6.45) is 3.62. The van der Waals surface area contributed by atoms with Crippen LogP contribution in [0, 0.1) is 12.1 Å². The number of imidazole rings is 1. The molecule has 0 bridgehead atoms. The second-order valence-corrected chi connectivity index (χ2v) is 2.84. The van der Waals surface area contributed by atoms with Crippen molar-refractivity contribution in [2.75, 3.05) is 0 Å². The Kier molecular flexibility index (Phi) is 1.52. The van der Waals surface area contributed by atoms with Gasteiger partial charge in [-0.25, -0.2) is 14.4 Å². The minimum Gasteiger partial charge on any atom is -0.317 e. The summed E-state index contributed by atoms with van der Waals surface area (Å²) in [6.45, 7) is 0. The van der Waals surface area contributed by atoms with E-state index in [4.69, 9.17) is 0 Å². The van der Waals surface area contributed by atoms with E-state index in [1.54, 1.807) is 0 Å². The molecular weight excluding hydrogens is 199 g/mol. The van der Waals surface area contributed by atoms with Crippen LogP contribution in [0.4, 0.5) is 4.39 Å². The lowest BCUT2D eigenvalue weighted by Crippen LogP contribution is -2.01. The highest BCUT2D eigenvalue weighted by atomic mass is 19.1. The first-order valence-corrected chi connectivity index (χ1v) is 4.14. The summed E-state index contributed by atoms with van der Waals surface area (Å²) in [5.74, 6) is 0.0331. The van der Waals surface area contributed by atoms with Crippen molar-refractivity contribution in [3.05, 3.63) is 30.5 Å². The predicted octanol–water partition coefficient (Wildman–Crippen LogP) is 0.478. The maximum absolute atomic E-state index is 12.6. The van der Waals surface area contributed by atoms with Crippen molar-refractivity contribution in [3.63, 3.8) is 0 Å². The highest BCUT2D eigenvalue weighted by Gasteiger charge is 2.06. The van der Waals surface area contributed by atoms with Crippen LogP contribution in [-0.4, -0.2) is 29.9 Å². The number of hydrogen-bond donors (Lipinski definition) is 1. The van der Waals surface area contributed by atoms with Crippen molar-refractivity contribution in [2.24, 2.45) is 0 Å². The molecule has 0 saturated heterocycles. The Bertz CT molecular complexity index is 566. The first-order chi connectivity index (χ1) is 7.33. The molecule has 1 N–H and O–H groups in total. The number of hydrogen-bond acceptors (Lipinski definition) is 4. The number of pyridine rings is 1. The van der Waals surface area contributed by atoms with Crippen LogP contribution in [0.3, 0.4) is 0 Å². The smallest absolute Gasteiger partial charge is 0.221 e. The maximum atomic E-state index is 12.6. The Balaban J connectivity index is 2.13. The third kappa shape index (κ3) is 1.25. The van der Waals surface area contributed by atoms with Crippen LogP contribution in [0.25, 0.3) is 17.1 Å². The van der Waals surface area contributed by atoms with Crippen LogP contribution < -0.4 is 0 Å². The lowest BCUT2D eigenvalue weighted by Gasteiger charge is -1.95.